The third kappa shape index (κ3) is 2.95. The minimum atomic E-state index is -0.0244. The van der Waals surface area contributed by atoms with Crippen molar-refractivity contribution in [3.8, 4) is 6.07 Å². The van der Waals surface area contributed by atoms with Gasteiger partial charge in [0, 0.05) is 25.8 Å². The Kier molecular flexibility index (Phi) is 4.20. The van der Waals surface area contributed by atoms with Crippen LogP contribution in [-0.2, 0) is 6.54 Å². The first-order valence-corrected chi connectivity index (χ1v) is 6.88. The molecule has 0 saturated carbocycles. The van der Waals surface area contributed by atoms with Crippen LogP contribution in [0.25, 0.3) is 0 Å². The van der Waals surface area contributed by atoms with E-state index in [0.717, 1.165) is 38.0 Å². The van der Waals surface area contributed by atoms with E-state index in [1.54, 1.807) is 4.90 Å². The summed E-state index contributed by atoms with van der Waals surface area (Å²) in [6.45, 7) is 6.07. The van der Waals surface area contributed by atoms with Crippen LogP contribution in [0.15, 0.2) is 6.20 Å². The van der Waals surface area contributed by atoms with E-state index in [0.29, 0.717) is 12.1 Å². The molecule has 0 unspecified atom stereocenters. The third-order valence-corrected chi connectivity index (χ3v) is 3.52. The van der Waals surface area contributed by atoms with Gasteiger partial charge in [0.2, 0.25) is 0 Å². The van der Waals surface area contributed by atoms with Crippen LogP contribution in [0, 0.1) is 24.2 Å². The molecular formula is C14H20N4O. The highest BCUT2D eigenvalue weighted by molar-refractivity contribution is 5.95. The van der Waals surface area contributed by atoms with Gasteiger partial charge in [-0.1, -0.05) is 6.92 Å². The van der Waals surface area contributed by atoms with E-state index >= 15 is 0 Å². The van der Waals surface area contributed by atoms with Gasteiger partial charge in [-0.25, -0.2) is 0 Å². The zero-order valence-corrected chi connectivity index (χ0v) is 11.6. The summed E-state index contributed by atoms with van der Waals surface area (Å²) < 4.78 is 1.83. The van der Waals surface area contributed by atoms with Gasteiger partial charge < -0.3 is 4.90 Å². The zero-order chi connectivity index (χ0) is 13.8. The number of carbonyl (C=O) groups is 1. The van der Waals surface area contributed by atoms with Crippen molar-refractivity contribution in [2.45, 2.75) is 39.7 Å². The van der Waals surface area contributed by atoms with Crippen molar-refractivity contribution >= 4 is 5.91 Å². The van der Waals surface area contributed by atoms with Crippen LogP contribution in [0.2, 0.25) is 0 Å². The summed E-state index contributed by atoms with van der Waals surface area (Å²) in [5.74, 6) is -0.0107. The minimum absolute atomic E-state index is 0.0137. The second kappa shape index (κ2) is 5.87. The number of nitriles is 1. The lowest BCUT2D eigenvalue weighted by Gasteiger charge is -2.29. The molecule has 1 aromatic rings. The molecule has 0 N–H and O–H groups in total. The molecule has 1 amide bonds. The smallest absolute Gasteiger partial charge is 0.257 e. The summed E-state index contributed by atoms with van der Waals surface area (Å²) in [4.78, 5) is 14.3. The second-order valence-corrected chi connectivity index (χ2v) is 5.11. The number of nitrogens with zero attached hydrogens (tertiary/aromatic N) is 4. The number of hydrogen-bond donors (Lipinski definition) is 0. The minimum Gasteiger partial charge on any atom is -0.337 e. The van der Waals surface area contributed by atoms with Crippen LogP contribution in [-0.4, -0.2) is 33.7 Å². The first kappa shape index (κ1) is 13.6. The molecular weight excluding hydrogens is 240 g/mol. The van der Waals surface area contributed by atoms with Crippen molar-refractivity contribution < 1.29 is 4.79 Å². The molecule has 1 fully saturated rings. The van der Waals surface area contributed by atoms with Crippen LogP contribution >= 0.6 is 0 Å². The number of aryl methyl sites for hydroxylation is 2. The predicted octanol–water partition coefficient (Wildman–Crippen LogP) is 1.98. The first-order chi connectivity index (χ1) is 9.15. The Morgan fingerprint density at radius 2 is 2.42 bits per heavy atom. The van der Waals surface area contributed by atoms with Crippen LogP contribution in [0.5, 0.6) is 0 Å². The molecule has 1 aliphatic heterocycles. The Balaban J connectivity index is 2.13. The summed E-state index contributed by atoms with van der Waals surface area (Å²) in [6, 6.07) is 2.27. The number of likely N-dealkylation sites (tertiary alicyclic amines) is 1. The lowest BCUT2D eigenvalue weighted by molar-refractivity contribution is 0.0698. The van der Waals surface area contributed by atoms with Crippen molar-refractivity contribution in [1.29, 1.82) is 5.26 Å². The summed E-state index contributed by atoms with van der Waals surface area (Å²) in [6.07, 6.45) is 4.63. The van der Waals surface area contributed by atoms with Gasteiger partial charge in [-0.3, -0.25) is 9.48 Å². The topological polar surface area (TPSA) is 61.9 Å². The molecule has 102 valence electrons. The van der Waals surface area contributed by atoms with Crippen molar-refractivity contribution in [1.82, 2.24) is 14.7 Å². The summed E-state index contributed by atoms with van der Waals surface area (Å²) in [5.41, 5.74) is 1.45. The van der Waals surface area contributed by atoms with E-state index in [9.17, 15) is 4.79 Å². The molecule has 5 heteroatoms. The van der Waals surface area contributed by atoms with E-state index in [-0.39, 0.29) is 11.8 Å². The largest absolute Gasteiger partial charge is 0.337 e. The summed E-state index contributed by atoms with van der Waals surface area (Å²) >= 11 is 0. The van der Waals surface area contributed by atoms with Crippen LogP contribution < -0.4 is 0 Å². The SMILES string of the molecule is CCCn1cc(C(=O)N2CCC[C@@H](C#N)C2)c(C)n1. The molecule has 1 aromatic heterocycles. The number of rotatable bonds is 3. The van der Waals surface area contributed by atoms with Gasteiger partial charge in [-0.05, 0) is 26.2 Å². The quantitative estimate of drug-likeness (QED) is 0.834. The highest BCUT2D eigenvalue weighted by Crippen LogP contribution is 2.19. The molecule has 1 saturated heterocycles. The van der Waals surface area contributed by atoms with E-state index in [1.807, 2.05) is 17.8 Å². The predicted molar refractivity (Wildman–Crippen MR) is 71.5 cm³/mol. The molecule has 5 nitrogen and oxygen atoms in total. The van der Waals surface area contributed by atoms with Gasteiger partial charge in [0.15, 0.2) is 0 Å². The molecule has 19 heavy (non-hydrogen) atoms. The van der Waals surface area contributed by atoms with Crippen molar-refractivity contribution in [3.05, 3.63) is 17.5 Å². The number of amides is 1. The number of carbonyl (C=O) groups excluding carboxylic acids is 1. The number of piperidine rings is 1. The molecule has 0 aliphatic carbocycles. The van der Waals surface area contributed by atoms with Gasteiger partial charge in [-0.15, -0.1) is 0 Å². The fourth-order valence-corrected chi connectivity index (χ4v) is 2.51. The van der Waals surface area contributed by atoms with Crippen molar-refractivity contribution in [2.75, 3.05) is 13.1 Å². The molecule has 1 aliphatic rings. The lowest BCUT2D eigenvalue weighted by Crippen LogP contribution is -2.39. The van der Waals surface area contributed by atoms with Gasteiger partial charge in [0.05, 0.1) is 23.2 Å². The molecule has 0 spiro atoms. The van der Waals surface area contributed by atoms with Gasteiger partial charge in [-0.2, -0.15) is 10.4 Å². The van der Waals surface area contributed by atoms with E-state index < -0.39 is 0 Å². The number of aromatic nitrogens is 2. The van der Waals surface area contributed by atoms with E-state index in [1.165, 1.54) is 0 Å². The summed E-state index contributed by atoms with van der Waals surface area (Å²) in [7, 11) is 0. The molecule has 0 bridgehead atoms. The fraction of sp³-hybridized carbons (Fsp3) is 0.643. The summed E-state index contributed by atoms with van der Waals surface area (Å²) in [5, 5.41) is 13.3. The monoisotopic (exact) mass is 260 g/mol. The Morgan fingerprint density at radius 3 is 3.11 bits per heavy atom. The molecule has 0 aromatic carbocycles. The fourth-order valence-electron chi connectivity index (χ4n) is 2.51. The maximum Gasteiger partial charge on any atom is 0.257 e. The molecule has 1 atom stereocenters. The Labute approximate surface area is 113 Å². The van der Waals surface area contributed by atoms with Crippen LogP contribution in [0.1, 0.15) is 42.2 Å². The Hall–Kier alpha value is -1.83. The maximum absolute atomic E-state index is 12.5. The lowest BCUT2D eigenvalue weighted by atomic mass is 9.99. The normalized spacial score (nSPS) is 19.2. The third-order valence-electron chi connectivity index (χ3n) is 3.52. The first-order valence-electron chi connectivity index (χ1n) is 6.88. The maximum atomic E-state index is 12.5. The Bertz CT molecular complexity index is 500. The number of hydrogen-bond acceptors (Lipinski definition) is 3. The van der Waals surface area contributed by atoms with E-state index in [4.69, 9.17) is 5.26 Å². The van der Waals surface area contributed by atoms with E-state index in [2.05, 4.69) is 18.1 Å². The average Bonchev–Trinajstić information content (AvgIpc) is 2.79. The highest BCUT2D eigenvalue weighted by atomic mass is 16.2. The van der Waals surface area contributed by atoms with Crippen molar-refractivity contribution in [3.63, 3.8) is 0 Å². The zero-order valence-electron chi connectivity index (χ0n) is 11.6. The van der Waals surface area contributed by atoms with Gasteiger partial charge in [0.1, 0.15) is 0 Å². The molecule has 2 heterocycles. The van der Waals surface area contributed by atoms with Crippen LogP contribution in [0.3, 0.4) is 0 Å². The van der Waals surface area contributed by atoms with Gasteiger partial charge in [0.25, 0.3) is 5.91 Å². The van der Waals surface area contributed by atoms with Crippen molar-refractivity contribution in [2.24, 2.45) is 5.92 Å². The Morgan fingerprint density at radius 1 is 1.63 bits per heavy atom. The van der Waals surface area contributed by atoms with Crippen LogP contribution in [0.4, 0.5) is 0 Å². The standard InChI is InChI=1S/C14H20N4O/c1-3-6-18-10-13(11(2)16-18)14(19)17-7-4-5-12(8-15)9-17/h10,12H,3-7,9H2,1-2H3/t12-/m0/s1. The highest BCUT2D eigenvalue weighted by Gasteiger charge is 2.26. The van der Waals surface area contributed by atoms with Gasteiger partial charge >= 0.3 is 0 Å². The molecule has 2 rings (SSSR count). The average molecular weight is 260 g/mol. The second-order valence-electron chi connectivity index (χ2n) is 5.11. The molecule has 0 radical (unpaired) electrons.